The zero-order chi connectivity index (χ0) is 15.2. The van der Waals surface area contributed by atoms with Gasteiger partial charge in [-0.1, -0.05) is 0 Å². The minimum absolute atomic E-state index is 0.0376. The zero-order valence-corrected chi connectivity index (χ0v) is 11.5. The van der Waals surface area contributed by atoms with Gasteiger partial charge in [0.25, 0.3) is 12.3 Å². The Hall–Kier alpha value is -2.07. The fraction of sp³-hybridized carbons (Fsp3) is 0.500. The summed E-state index contributed by atoms with van der Waals surface area (Å²) in [6, 6.07) is 1.35. The van der Waals surface area contributed by atoms with E-state index in [1.54, 1.807) is 17.3 Å². The first-order valence-electron chi connectivity index (χ1n) is 6.66. The van der Waals surface area contributed by atoms with Crippen LogP contribution < -0.4 is 0 Å². The van der Waals surface area contributed by atoms with Gasteiger partial charge in [-0.05, 0) is 25.0 Å². The molecule has 2 atom stereocenters. The molecule has 2 aliphatic heterocycles. The smallest absolute Gasteiger partial charge is 0.254 e. The molecule has 7 heteroatoms. The second kappa shape index (κ2) is 4.74. The Morgan fingerprint density at radius 1 is 1.52 bits per heavy atom. The summed E-state index contributed by atoms with van der Waals surface area (Å²) in [5.41, 5.74) is -0.546. The van der Waals surface area contributed by atoms with Gasteiger partial charge in [-0.2, -0.15) is 0 Å². The van der Waals surface area contributed by atoms with E-state index in [0.717, 1.165) is 5.56 Å². The maximum atomic E-state index is 13.2. The van der Waals surface area contributed by atoms with Crippen molar-refractivity contribution in [2.75, 3.05) is 13.1 Å². The molecule has 0 aliphatic carbocycles. The Kier molecular flexibility index (Phi) is 3.14. The molecule has 0 aromatic carbocycles. The second-order valence-electron chi connectivity index (χ2n) is 5.65. The van der Waals surface area contributed by atoms with Gasteiger partial charge in [0.2, 0.25) is 5.69 Å². The van der Waals surface area contributed by atoms with E-state index in [4.69, 9.17) is 6.57 Å². The monoisotopic (exact) mass is 292 g/mol. The maximum Gasteiger partial charge on any atom is 0.254 e. The highest BCUT2D eigenvalue weighted by Gasteiger charge is 2.57. The van der Waals surface area contributed by atoms with Gasteiger partial charge in [-0.25, -0.2) is 18.6 Å². The number of fused-ring (bicyclic) bond motifs is 1. The van der Waals surface area contributed by atoms with Crippen molar-refractivity contribution < 1.29 is 13.6 Å². The number of pyridine rings is 1. The van der Waals surface area contributed by atoms with Crippen molar-refractivity contribution in [3.63, 3.8) is 0 Å². The highest BCUT2D eigenvalue weighted by atomic mass is 19.3. The first-order chi connectivity index (χ1) is 9.97. The summed E-state index contributed by atoms with van der Waals surface area (Å²) in [6.45, 7) is 8.91. The number of amides is 1. The molecule has 0 saturated carbocycles. The summed E-state index contributed by atoms with van der Waals surface area (Å²) in [5.74, 6) is -0.548. The number of hydrazine groups is 1. The number of rotatable bonds is 2. The van der Waals surface area contributed by atoms with E-state index >= 15 is 0 Å². The molecule has 0 radical (unpaired) electrons. The molecule has 21 heavy (non-hydrogen) atoms. The van der Waals surface area contributed by atoms with Gasteiger partial charge < -0.3 is 0 Å². The van der Waals surface area contributed by atoms with E-state index in [9.17, 15) is 13.6 Å². The van der Waals surface area contributed by atoms with Crippen LogP contribution in [0.2, 0.25) is 0 Å². The van der Waals surface area contributed by atoms with Crippen LogP contribution in [-0.2, 0) is 4.79 Å². The molecular formula is C14H14F2N4O. The molecule has 0 spiro atoms. The summed E-state index contributed by atoms with van der Waals surface area (Å²) in [6.07, 6.45) is 1.00. The van der Waals surface area contributed by atoms with Crippen LogP contribution in [0, 0.1) is 12.0 Å². The normalized spacial score (nSPS) is 29.0. The van der Waals surface area contributed by atoms with Crippen LogP contribution in [0.4, 0.5) is 14.5 Å². The Morgan fingerprint density at radius 2 is 2.29 bits per heavy atom. The van der Waals surface area contributed by atoms with Crippen LogP contribution in [-0.4, -0.2) is 40.4 Å². The van der Waals surface area contributed by atoms with Crippen molar-refractivity contribution >= 4 is 11.6 Å². The zero-order valence-electron chi connectivity index (χ0n) is 11.5. The van der Waals surface area contributed by atoms with E-state index in [-0.39, 0.29) is 12.6 Å². The van der Waals surface area contributed by atoms with E-state index in [0.29, 0.717) is 18.7 Å². The van der Waals surface area contributed by atoms with E-state index in [1.165, 1.54) is 18.1 Å². The van der Waals surface area contributed by atoms with Crippen LogP contribution in [0.1, 0.15) is 24.9 Å². The third-order valence-corrected chi connectivity index (χ3v) is 4.21. The number of hydrogen-bond acceptors (Lipinski definition) is 3. The molecular weight excluding hydrogens is 278 g/mol. The van der Waals surface area contributed by atoms with Crippen molar-refractivity contribution in [2.45, 2.75) is 25.8 Å². The first-order valence-corrected chi connectivity index (χ1v) is 6.66. The lowest BCUT2D eigenvalue weighted by atomic mass is 9.90. The van der Waals surface area contributed by atoms with E-state index in [1.807, 2.05) is 0 Å². The van der Waals surface area contributed by atoms with Crippen molar-refractivity contribution in [3.8, 4) is 0 Å². The van der Waals surface area contributed by atoms with Crippen LogP contribution in [0.15, 0.2) is 18.5 Å². The predicted molar refractivity (Wildman–Crippen MR) is 70.4 cm³/mol. The first kappa shape index (κ1) is 13.9. The third-order valence-electron chi connectivity index (χ3n) is 4.21. The molecule has 2 saturated heterocycles. The Balaban J connectivity index is 1.94. The average molecular weight is 292 g/mol. The molecule has 0 bridgehead atoms. The number of nitrogens with zero attached hydrogens (tertiary/aromatic N) is 4. The minimum atomic E-state index is -2.69. The molecule has 5 nitrogen and oxygen atoms in total. The summed E-state index contributed by atoms with van der Waals surface area (Å²) < 4.78 is 26.4. The van der Waals surface area contributed by atoms with E-state index in [2.05, 4.69) is 9.83 Å². The lowest BCUT2D eigenvalue weighted by Gasteiger charge is -2.26. The van der Waals surface area contributed by atoms with Crippen LogP contribution >= 0.6 is 0 Å². The highest BCUT2D eigenvalue weighted by Crippen LogP contribution is 2.45. The van der Waals surface area contributed by atoms with Crippen molar-refractivity contribution in [1.29, 1.82) is 0 Å². The lowest BCUT2D eigenvalue weighted by Crippen LogP contribution is -2.39. The fourth-order valence-electron chi connectivity index (χ4n) is 2.99. The number of alkyl halides is 2. The average Bonchev–Trinajstić information content (AvgIpc) is 2.99. The third kappa shape index (κ3) is 1.98. The summed E-state index contributed by atoms with van der Waals surface area (Å²) in [5, 5.41) is 3.11. The molecule has 110 valence electrons. The Morgan fingerprint density at radius 3 is 2.95 bits per heavy atom. The maximum absolute atomic E-state index is 13.2. The minimum Gasteiger partial charge on any atom is -0.276 e. The molecule has 1 aromatic heterocycles. The van der Waals surface area contributed by atoms with Crippen LogP contribution in [0.5, 0.6) is 0 Å². The molecule has 2 fully saturated rings. The number of halogens is 2. The fourth-order valence-corrected chi connectivity index (χ4v) is 2.99. The Labute approximate surface area is 121 Å². The molecule has 2 aliphatic rings. The molecule has 1 aromatic rings. The Bertz CT molecular complexity index is 630. The van der Waals surface area contributed by atoms with Crippen molar-refractivity contribution in [2.24, 2.45) is 5.41 Å². The summed E-state index contributed by atoms with van der Waals surface area (Å²) >= 11 is 0. The number of aromatic nitrogens is 1. The van der Waals surface area contributed by atoms with Gasteiger partial charge in [0.1, 0.15) is 5.41 Å². The molecule has 3 rings (SSSR count). The summed E-state index contributed by atoms with van der Waals surface area (Å²) in [7, 11) is 0. The number of hydrogen-bond donors (Lipinski definition) is 0. The van der Waals surface area contributed by atoms with Gasteiger partial charge in [-0.3, -0.25) is 14.8 Å². The van der Waals surface area contributed by atoms with Crippen molar-refractivity contribution in [1.82, 2.24) is 15.0 Å². The molecule has 3 heterocycles. The summed E-state index contributed by atoms with van der Waals surface area (Å²) in [4.78, 5) is 19.7. The van der Waals surface area contributed by atoms with Gasteiger partial charge >= 0.3 is 0 Å². The predicted octanol–water partition coefficient (Wildman–Crippen LogP) is 2.41. The second-order valence-corrected chi connectivity index (χ2v) is 5.65. The van der Waals surface area contributed by atoms with Gasteiger partial charge in [0.05, 0.1) is 12.6 Å². The van der Waals surface area contributed by atoms with Gasteiger partial charge in [0.15, 0.2) is 0 Å². The standard InChI is InChI=1S/C14H14F2N4O/c1-14(12(15)16)8-19-4-3-11(20(19)13(14)21)9-5-10(17-2)7-18-6-9/h5-7,11-12H,3-4,8H2,1H3/t11-,14?/m1/s1. The van der Waals surface area contributed by atoms with Gasteiger partial charge in [-0.15, -0.1) is 0 Å². The molecule has 0 N–H and O–H groups in total. The topological polar surface area (TPSA) is 40.8 Å². The van der Waals surface area contributed by atoms with Crippen LogP contribution in [0.25, 0.3) is 4.85 Å². The van der Waals surface area contributed by atoms with Gasteiger partial charge in [0, 0.05) is 25.5 Å². The number of carbonyl (C=O) groups excluding carboxylic acids is 1. The lowest BCUT2D eigenvalue weighted by molar-refractivity contribution is -0.147. The molecule has 1 amide bonds. The van der Waals surface area contributed by atoms with Crippen molar-refractivity contribution in [3.05, 3.63) is 35.4 Å². The quantitative estimate of drug-likeness (QED) is 0.786. The molecule has 1 unspecified atom stereocenters. The van der Waals surface area contributed by atoms with E-state index < -0.39 is 17.7 Å². The highest BCUT2D eigenvalue weighted by molar-refractivity contribution is 5.85. The SMILES string of the molecule is [C-]#[N+]c1cncc([C@H]2CCN3CC(C)(C(F)F)C(=O)N23)c1. The van der Waals surface area contributed by atoms with Crippen LogP contribution in [0.3, 0.4) is 0 Å². The number of carbonyl (C=O) groups is 1. The largest absolute Gasteiger partial charge is 0.276 e.